The van der Waals surface area contributed by atoms with E-state index in [9.17, 15) is 18.4 Å². The van der Waals surface area contributed by atoms with Crippen LogP contribution < -0.4 is 5.56 Å². The second-order valence-corrected chi connectivity index (χ2v) is 2.99. The quantitative estimate of drug-likeness (QED) is 0.777. The summed E-state index contributed by atoms with van der Waals surface area (Å²) in [6.07, 6.45) is -2.04. The zero-order chi connectivity index (χ0) is 10.9. The molecule has 0 bridgehead atoms. The summed E-state index contributed by atoms with van der Waals surface area (Å²) in [5, 5.41) is -1.05. The van der Waals surface area contributed by atoms with Crippen molar-refractivity contribution < 1.29 is 13.6 Å². The van der Waals surface area contributed by atoms with Crippen LogP contribution in [-0.4, -0.2) is 10.2 Å². The van der Waals surface area contributed by atoms with E-state index in [1.807, 2.05) is 0 Å². The first-order valence-electron chi connectivity index (χ1n) is 3.65. The third-order valence-corrected chi connectivity index (χ3v) is 1.98. The summed E-state index contributed by atoms with van der Waals surface area (Å²) in [5.41, 5.74) is -1.66. The number of hydrogen-bond donors (Lipinski definition) is 1. The topological polar surface area (TPSA) is 49.9 Å². The summed E-state index contributed by atoms with van der Waals surface area (Å²) in [5.74, 6) is 0. The molecular weight excluding hydrogens is 216 g/mol. The Balaban J connectivity index is 3.54. The SMILES string of the molecule is Cc1c(C(=O)Cl)c(C(F)F)c[nH]c1=O. The number of nitrogens with one attached hydrogen (secondary N) is 1. The van der Waals surface area contributed by atoms with E-state index < -0.39 is 28.4 Å². The van der Waals surface area contributed by atoms with Gasteiger partial charge in [0.25, 0.3) is 17.2 Å². The fourth-order valence-corrected chi connectivity index (χ4v) is 1.34. The number of carbonyl (C=O) groups excluding carboxylic acids is 1. The zero-order valence-corrected chi connectivity index (χ0v) is 7.86. The number of rotatable bonds is 2. The van der Waals surface area contributed by atoms with Crippen molar-refractivity contribution in [3.8, 4) is 0 Å². The molecule has 0 saturated carbocycles. The van der Waals surface area contributed by atoms with Gasteiger partial charge in [0, 0.05) is 17.3 Å². The largest absolute Gasteiger partial charge is 0.328 e. The monoisotopic (exact) mass is 221 g/mol. The molecule has 0 saturated heterocycles. The lowest BCUT2D eigenvalue weighted by molar-refractivity contribution is 0.106. The van der Waals surface area contributed by atoms with E-state index in [-0.39, 0.29) is 5.56 Å². The number of aromatic amines is 1. The fourth-order valence-electron chi connectivity index (χ4n) is 1.09. The fraction of sp³-hybridized carbons (Fsp3) is 0.250. The first-order chi connectivity index (χ1) is 6.45. The molecule has 76 valence electrons. The third-order valence-electron chi connectivity index (χ3n) is 1.79. The van der Waals surface area contributed by atoms with Crippen LogP contribution in [0.2, 0.25) is 0 Å². The molecule has 1 aromatic heterocycles. The van der Waals surface area contributed by atoms with E-state index >= 15 is 0 Å². The van der Waals surface area contributed by atoms with Crippen molar-refractivity contribution in [2.24, 2.45) is 0 Å². The predicted molar refractivity (Wildman–Crippen MR) is 46.9 cm³/mol. The number of carbonyl (C=O) groups is 1. The van der Waals surface area contributed by atoms with Crippen molar-refractivity contribution >= 4 is 16.8 Å². The molecule has 0 aromatic carbocycles. The average Bonchev–Trinajstić information content (AvgIpc) is 2.08. The molecule has 0 unspecified atom stereocenters. The Bertz CT molecular complexity index is 428. The molecule has 0 amide bonds. The molecule has 1 heterocycles. The molecule has 14 heavy (non-hydrogen) atoms. The van der Waals surface area contributed by atoms with Crippen LogP contribution in [0.15, 0.2) is 11.0 Å². The molecule has 0 fully saturated rings. The van der Waals surface area contributed by atoms with Gasteiger partial charge in [0.1, 0.15) is 0 Å². The Morgan fingerprint density at radius 3 is 2.57 bits per heavy atom. The third kappa shape index (κ3) is 1.82. The maximum Gasteiger partial charge on any atom is 0.266 e. The maximum absolute atomic E-state index is 12.4. The molecule has 3 nitrogen and oxygen atoms in total. The van der Waals surface area contributed by atoms with E-state index in [1.165, 1.54) is 6.92 Å². The van der Waals surface area contributed by atoms with E-state index in [1.54, 1.807) is 0 Å². The Morgan fingerprint density at radius 1 is 1.57 bits per heavy atom. The van der Waals surface area contributed by atoms with E-state index in [0.29, 0.717) is 0 Å². The molecule has 0 radical (unpaired) electrons. The van der Waals surface area contributed by atoms with Crippen LogP contribution in [0.3, 0.4) is 0 Å². The summed E-state index contributed by atoms with van der Waals surface area (Å²) in [6.45, 7) is 1.26. The van der Waals surface area contributed by atoms with Crippen molar-refractivity contribution in [2.75, 3.05) is 0 Å². The van der Waals surface area contributed by atoms with Gasteiger partial charge >= 0.3 is 0 Å². The smallest absolute Gasteiger partial charge is 0.266 e. The normalized spacial score (nSPS) is 10.6. The lowest BCUT2D eigenvalue weighted by Gasteiger charge is -2.06. The summed E-state index contributed by atoms with van der Waals surface area (Å²) in [4.78, 5) is 23.9. The van der Waals surface area contributed by atoms with Crippen LogP contribution in [-0.2, 0) is 0 Å². The lowest BCUT2D eigenvalue weighted by Crippen LogP contribution is -2.16. The molecule has 1 aromatic rings. The average molecular weight is 222 g/mol. The van der Waals surface area contributed by atoms with Gasteiger partial charge in [-0.05, 0) is 18.5 Å². The van der Waals surface area contributed by atoms with E-state index in [0.717, 1.165) is 6.20 Å². The Kier molecular flexibility index (Phi) is 3.00. The van der Waals surface area contributed by atoms with Gasteiger partial charge in [0.15, 0.2) is 0 Å². The first kappa shape index (κ1) is 10.8. The number of halogens is 3. The van der Waals surface area contributed by atoms with Crippen molar-refractivity contribution in [3.63, 3.8) is 0 Å². The highest BCUT2D eigenvalue weighted by atomic mass is 35.5. The highest BCUT2D eigenvalue weighted by molar-refractivity contribution is 6.68. The number of H-pyrrole nitrogens is 1. The second-order valence-electron chi connectivity index (χ2n) is 2.65. The summed E-state index contributed by atoms with van der Waals surface area (Å²) in [6, 6.07) is 0. The van der Waals surface area contributed by atoms with Gasteiger partial charge in [-0.2, -0.15) is 0 Å². The minimum absolute atomic E-state index is 0.0946. The number of aromatic nitrogens is 1. The molecule has 1 rings (SSSR count). The van der Waals surface area contributed by atoms with Gasteiger partial charge in [0.05, 0.1) is 5.56 Å². The van der Waals surface area contributed by atoms with Gasteiger partial charge in [-0.3, -0.25) is 9.59 Å². The maximum atomic E-state index is 12.4. The Hall–Kier alpha value is -1.23. The highest BCUT2D eigenvalue weighted by Crippen LogP contribution is 2.23. The number of hydrogen-bond acceptors (Lipinski definition) is 2. The molecule has 0 aliphatic heterocycles. The van der Waals surface area contributed by atoms with Crippen molar-refractivity contribution in [3.05, 3.63) is 33.2 Å². The lowest BCUT2D eigenvalue weighted by atomic mass is 10.1. The van der Waals surface area contributed by atoms with E-state index in [2.05, 4.69) is 4.98 Å². The Labute approximate surface area is 82.7 Å². The van der Waals surface area contributed by atoms with Crippen LogP contribution >= 0.6 is 11.6 Å². The molecule has 6 heteroatoms. The van der Waals surface area contributed by atoms with Crippen LogP contribution in [0.4, 0.5) is 8.78 Å². The van der Waals surface area contributed by atoms with E-state index in [4.69, 9.17) is 11.6 Å². The molecule has 0 aliphatic carbocycles. The minimum Gasteiger partial charge on any atom is -0.328 e. The van der Waals surface area contributed by atoms with Crippen molar-refractivity contribution in [2.45, 2.75) is 13.3 Å². The predicted octanol–water partition coefficient (Wildman–Crippen LogP) is 2.00. The number of pyridine rings is 1. The van der Waals surface area contributed by atoms with Gasteiger partial charge in [-0.25, -0.2) is 8.78 Å². The van der Waals surface area contributed by atoms with Crippen LogP contribution in [0.5, 0.6) is 0 Å². The first-order valence-corrected chi connectivity index (χ1v) is 4.03. The standard InChI is InChI=1S/C8H6ClF2NO2/c1-3-5(6(9)13)4(7(10)11)2-12-8(3)14/h2,7H,1H3,(H,12,14). The Morgan fingerprint density at radius 2 is 2.14 bits per heavy atom. The molecule has 1 N–H and O–H groups in total. The summed E-state index contributed by atoms with van der Waals surface area (Å²) >= 11 is 5.10. The molecular formula is C8H6ClF2NO2. The minimum atomic E-state index is -2.84. The summed E-state index contributed by atoms with van der Waals surface area (Å²) < 4.78 is 24.7. The molecule has 0 atom stereocenters. The van der Waals surface area contributed by atoms with Crippen LogP contribution in [0, 0.1) is 6.92 Å². The second kappa shape index (κ2) is 3.88. The highest BCUT2D eigenvalue weighted by Gasteiger charge is 2.20. The molecule has 0 aliphatic rings. The van der Waals surface area contributed by atoms with Gasteiger partial charge in [-0.15, -0.1) is 0 Å². The van der Waals surface area contributed by atoms with Gasteiger partial charge < -0.3 is 4.98 Å². The number of alkyl halides is 2. The van der Waals surface area contributed by atoms with Crippen LogP contribution in [0.1, 0.15) is 27.9 Å². The van der Waals surface area contributed by atoms with Gasteiger partial charge in [-0.1, -0.05) is 0 Å². The van der Waals surface area contributed by atoms with Crippen molar-refractivity contribution in [1.29, 1.82) is 0 Å². The zero-order valence-electron chi connectivity index (χ0n) is 7.11. The van der Waals surface area contributed by atoms with Crippen molar-refractivity contribution in [1.82, 2.24) is 4.98 Å². The van der Waals surface area contributed by atoms with Crippen LogP contribution in [0.25, 0.3) is 0 Å². The summed E-state index contributed by atoms with van der Waals surface area (Å²) in [7, 11) is 0. The molecule has 0 spiro atoms. The van der Waals surface area contributed by atoms with Gasteiger partial charge in [0.2, 0.25) is 0 Å².